The Bertz CT molecular complexity index is 639. The Labute approximate surface area is 136 Å². The molecule has 122 valence electrons. The third-order valence-electron chi connectivity index (χ3n) is 4.48. The zero-order valence-electron chi connectivity index (χ0n) is 13.5. The van der Waals surface area contributed by atoms with E-state index in [1.54, 1.807) is 7.11 Å². The number of aryl methyl sites for hydroxylation is 1. The summed E-state index contributed by atoms with van der Waals surface area (Å²) in [5, 5.41) is 6.74. The van der Waals surface area contributed by atoms with Gasteiger partial charge in [-0.05, 0) is 37.3 Å². The number of methoxy groups -OCH3 is 1. The van der Waals surface area contributed by atoms with Crippen molar-refractivity contribution < 1.29 is 9.53 Å². The average molecular weight is 313 g/mol. The number of hydrogen-bond acceptors (Lipinski definition) is 3. The van der Waals surface area contributed by atoms with Crippen LogP contribution in [-0.2, 0) is 11.2 Å². The SMILES string of the molecule is COc1ccccc1[C@H]1CCCN1C(=O)CCCc1cn[nH]c1. The highest BCUT2D eigenvalue weighted by Crippen LogP contribution is 2.37. The first-order chi connectivity index (χ1) is 11.3. The van der Waals surface area contributed by atoms with E-state index in [4.69, 9.17) is 4.74 Å². The molecule has 0 unspecified atom stereocenters. The molecule has 1 saturated heterocycles. The Hall–Kier alpha value is -2.30. The van der Waals surface area contributed by atoms with Gasteiger partial charge >= 0.3 is 0 Å². The van der Waals surface area contributed by atoms with Crippen LogP contribution in [0.4, 0.5) is 0 Å². The summed E-state index contributed by atoms with van der Waals surface area (Å²) in [6, 6.07) is 8.16. The van der Waals surface area contributed by atoms with Crippen molar-refractivity contribution in [3.8, 4) is 5.75 Å². The molecular formula is C18H23N3O2. The highest BCUT2D eigenvalue weighted by molar-refractivity contribution is 5.77. The first-order valence-electron chi connectivity index (χ1n) is 8.19. The predicted octanol–water partition coefficient (Wildman–Crippen LogP) is 3.10. The summed E-state index contributed by atoms with van der Waals surface area (Å²) in [5.74, 6) is 1.11. The van der Waals surface area contributed by atoms with Gasteiger partial charge in [0.1, 0.15) is 5.75 Å². The number of hydrogen-bond donors (Lipinski definition) is 1. The fourth-order valence-electron chi connectivity index (χ4n) is 3.33. The summed E-state index contributed by atoms with van der Waals surface area (Å²) >= 11 is 0. The van der Waals surface area contributed by atoms with E-state index < -0.39 is 0 Å². The number of amides is 1. The van der Waals surface area contributed by atoms with Gasteiger partial charge in [-0.25, -0.2) is 0 Å². The van der Waals surface area contributed by atoms with Crippen molar-refractivity contribution in [3.05, 3.63) is 47.8 Å². The summed E-state index contributed by atoms with van der Waals surface area (Å²) in [5.41, 5.74) is 2.27. The van der Waals surface area contributed by atoms with E-state index in [2.05, 4.69) is 16.3 Å². The Morgan fingerprint density at radius 3 is 3.09 bits per heavy atom. The van der Waals surface area contributed by atoms with Crippen LogP contribution in [0.1, 0.15) is 42.9 Å². The standard InChI is InChI=1S/C18H23N3O2/c1-23-17-9-3-2-7-15(17)16-8-5-11-21(16)18(22)10-4-6-14-12-19-20-13-14/h2-3,7,9,12-13,16H,4-6,8,10-11H2,1H3,(H,19,20)/t16-/m1/s1. The molecule has 3 rings (SSSR count). The van der Waals surface area contributed by atoms with Crippen LogP contribution >= 0.6 is 0 Å². The van der Waals surface area contributed by atoms with Crippen LogP contribution in [0.5, 0.6) is 5.75 Å². The third kappa shape index (κ3) is 3.55. The minimum atomic E-state index is 0.146. The van der Waals surface area contributed by atoms with Crippen molar-refractivity contribution in [1.29, 1.82) is 0 Å². The number of benzene rings is 1. The Morgan fingerprint density at radius 2 is 2.30 bits per heavy atom. The van der Waals surface area contributed by atoms with Gasteiger partial charge in [0.05, 0.1) is 19.3 Å². The van der Waals surface area contributed by atoms with Crippen molar-refractivity contribution >= 4 is 5.91 Å². The molecule has 1 N–H and O–H groups in total. The average Bonchev–Trinajstić information content (AvgIpc) is 3.26. The maximum atomic E-state index is 12.6. The minimum Gasteiger partial charge on any atom is -0.496 e. The number of nitrogens with one attached hydrogen (secondary N) is 1. The third-order valence-corrected chi connectivity index (χ3v) is 4.48. The number of H-pyrrole nitrogens is 1. The molecule has 1 atom stereocenters. The molecule has 0 bridgehead atoms. The first kappa shape index (κ1) is 15.6. The van der Waals surface area contributed by atoms with Gasteiger partial charge in [0.25, 0.3) is 0 Å². The molecule has 1 aromatic carbocycles. The van der Waals surface area contributed by atoms with Gasteiger partial charge < -0.3 is 9.64 Å². The van der Waals surface area contributed by atoms with E-state index in [1.165, 1.54) is 0 Å². The quantitative estimate of drug-likeness (QED) is 0.891. The lowest BCUT2D eigenvalue weighted by Crippen LogP contribution is -2.30. The Kier molecular flexibility index (Phi) is 4.95. The van der Waals surface area contributed by atoms with E-state index in [0.29, 0.717) is 6.42 Å². The van der Waals surface area contributed by atoms with Gasteiger partial charge in [-0.2, -0.15) is 5.10 Å². The molecule has 2 heterocycles. The summed E-state index contributed by atoms with van der Waals surface area (Å²) in [6.45, 7) is 0.841. The van der Waals surface area contributed by atoms with Gasteiger partial charge in [0.2, 0.25) is 5.91 Å². The highest BCUT2D eigenvalue weighted by atomic mass is 16.5. The monoisotopic (exact) mass is 313 g/mol. The highest BCUT2D eigenvalue weighted by Gasteiger charge is 2.31. The maximum absolute atomic E-state index is 12.6. The van der Waals surface area contributed by atoms with E-state index in [-0.39, 0.29) is 11.9 Å². The molecule has 1 amide bonds. The summed E-state index contributed by atoms with van der Waals surface area (Å²) < 4.78 is 5.47. The number of aromatic nitrogens is 2. The fraction of sp³-hybridized carbons (Fsp3) is 0.444. The predicted molar refractivity (Wildman–Crippen MR) is 88.2 cm³/mol. The molecule has 0 spiro atoms. The second-order valence-electron chi connectivity index (χ2n) is 5.95. The normalized spacial score (nSPS) is 17.4. The topological polar surface area (TPSA) is 58.2 Å². The number of likely N-dealkylation sites (tertiary alicyclic amines) is 1. The minimum absolute atomic E-state index is 0.146. The van der Waals surface area contributed by atoms with Crippen LogP contribution in [0.2, 0.25) is 0 Å². The van der Waals surface area contributed by atoms with Gasteiger partial charge in [0.15, 0.2) is 0 Å². The summed E-state index contributed by atoms with van der Waals surface area (Å²) in [7, 11) is 1.69. The van der Waals surface area contributed by atoms with Crippen molar-refractivity contribution in [2.24, 2.45) is 0 Å². The van der Waals surface area contributed by atoms with Crippen molar-refractivity contribution in [3.63, 3.8) is 0 Å². The molecule has 0 radical (unpaired) electrons. The zero-order chi connectivity index (χ0) is 16.1. The van der Waals surface area contributed by atoms with Gasteiger partial charge in [-0.1, -0.05) is 18.2 Å². The van der Waals surface area contributed by atoms with E-state index in [0.717, 1.165) is 49.1 Å². The summed E-state index contributed by atoms with van der Waals surface area (Å²) in [4.78, 5) is 14.6. The van der Waals surface area contributed by atoms with Crippen molar-refractivity contribution in [2.75, 3.05) is 13.7 Å². The number of nitrogens with zero attached hydrogens (tertiary/aromatic N) is 2. The van der Waals surface area contributed by atoms with E-state index in [9.17, 15) is 4.79 Å². The Morgan fingerprint density at radius 1 is 1.43 bits per heavy atom. The van der Waals surface area contributed by atoms with Crippen LogP contribution < -0.4 is 4.74 Å². The number of para-hydroxylation sites is 1. The molecule has 5 nitrogen and oxygen atoms in total. The lowest BCUT2D eigenvalue weighted by Gasteiger charge is -2.26. The van der Waals surface area contributed by atoms with Crippen LogP contribution in [0.25, 0.3) is 0 Å². The number of rotatable bonds is 6. The smallest absolute Gasteiger partial charge is 0.223 e. The molecule has 1 aromatic heterocycles. The van der Waals surface area contributed by atoms with E-state index in [1.807, 2.05) is 35.5 Å². The number of carbonyl (C=O) groups excluding carboxylic acids is 1. The van der Waals surface area contributed by atoms with Gasteiger partial charge in [-0.15, -0.1) is 0 Å². The maximum Gasteiger partial charge on any atom is 0.223 e. The van der Waals surface area contributed by atoms with Crippen molar-refractivity contribution in [2.45, 2.75) is 38.1 Å². The molecule has 1 aliphatic heterocycles. The molecule has 2 aromatic rings. The molecule has 5 heteroatoms. The zero-order valence-corrected chi connectivity index (χ0v) is 13.5. The van der Waals surface area contributed by atoms with Gasteiger partial charge in [-0.3, -0.25) is 9.89 Å². The number of aromatic amines is 1. The summed E-state index contributed by atoms with van der Waals surface area (Å²) in [6.07, 6.45) is 8.08. The van der Waals surface area contributed by atoms with Crippen LogP contribution in [0.15, 0.2) is 36.7 Å². The second kappa shape index (κ2) is 7.31. The Balaban J connectivity index is 1.62. The molecule has 23 heavy (non-hydrogen) atoms. The van der Waals surface area contributed by atoms with Crippen LogP contribution in [0, 0.1) is 0 Å². The lowest BCUT2D eigenvalue weighted by molar-refractivity contribution is -0.132. The van der Waals surface area contributed by atoms with Crippen LogP contribution in [0.3, 0.4) is 0 Å². The first-order valence-corrected chi connectivity index (χ1v) is 8.19. The number of ether oxygens (including phenoxy) is 1. The molecule has 1 fully saturated rings. The van der Waals surface area contributed by atoms with Crippen LogP contribution in [-0.4, -0.2) is 34.7 Å². The van der Waals surface area contributed by atoms with Crippen molar-refractivity contribution in [1.82, 2.24) is 15.1 Å². The number of carbonyl (C=O) groups is 1. The molecule has 1 aliphatic rings. The molecular weight excluding hydrogens is 290 g/mol. The molecule has 0 saturated carbocycles. The second-order valence-corrected chi connectivity index (χ2v) is 5.95. The van der Waals surface area contributed by atoms with Gasteiger partial charge in [0, 0.05) is 24.7 Å². The molecule has 0 aliphatic carbocycles. The largest absolute Gasteiger partial charge is 0.496 e. The van der Waals surface area contributed by atoms with E-state index >= 15 is 0 Å². The lowest BCUT2D eigenvalue weighted by atomic mass is 10.0. The fourth-order valence-corrected chi connectivity index (χ4v) is 3.33.